The lowest BCUT2D eigenvalue weighted by Crippen LogP contribution is -2.56. The lowest BCUT2D eigenvalue weighted by Gasteiger charge is -2.40. The number of rotatable bonds is 10. The van der Waals surface area contributed by atoms with Crippen molar-refractivity contribution in [1.29, 1.82) is 0 Å². The Hall–Kier alpha value is -5.22. The molecule has 0 bridgehead atoms. The van der Waals surface area contributed by atoms with E-state index in [2.05, 4.69) is 20.6 Å². The molecular weight excluding hydrogens is 664 g/mol. The number of fused-ring (bicyclic) bond motifs is 3. The van der Waals surface area contributed by atoms with Crippen LogP contribution < -0.4 is 10.6 Å². The van der Waals surface area contributed by atoms with Crippen molar-refractivity contribution in [3.05, 3.63) is 113 Å². The quantitative estimate of drug-likeness (QED) is 0.188. The van der Waals surface area contributed by atoms with Crippen molar-refractivity contribution in [2.75, 3.05) is 33.2 Å². The van der Waals surface area contributed by atoms with Crippen LogP contribution in [0.4, 0.5) is 0 Å². The molecule has 2 fully saturated rings. The number of nitrogens with zero attached hydrogens (tertiary/aromatic N) is 3. The molecule has 0 radical (unpaired) electrons. The summed E-state index contributed by atoms with van der Waals surface area (Å²) in [7, 11) is 1.57. The number of aromatic nitrogens is 2. The molecule has 51 heavy (non-hydrogen) atoms. The number of likely N-dealkylation sites (N-methyl/N-ethyl adjacent to an activating group) is 1. The van der Waals surface area contributed by atoms with Gasteiger partial charge < -0.3 is 25.4 Å². The molecule has 10 nitrogen and oxygen atoms in total. The Balaban J connectivity index is 1.11. The Labute approximate surface area is 301 Å². The number of carbonyl (C=O) groups excluding carboxylic acids is 4. The minimum absolute atomic E-state index is 0.101. The highest BCUT2D eigenvalue weighted by molar-refractivity contribution is 6.31. The summed E-state index contributed by atoms with van der Waals surface area (Å²) < 4.78 is 0. The van der Waals surface area contributed by atoms with Crippen molar-refractivity contribution in [3.63, 3.8) is 0 Å². The summed E-state index contributed by atoms with van der Waals surface area (Å²) in [6.45, 7) is 1.41. The Kier molecular flexibility index (Phi) is 10.0. The van der Waals surface area contributed by atoms with Crippen LogP contribution in [-0.4, -0.2) is 82.7 Å². The van der Waals surface area contributed by atoms with Gasteiger partial charge in [-0.25, -0.2) is 0 Å². The highest BCUT2D eigenvalue weighted by atomic mass is 35.5. The largest absolute Gasteiger partial charge is 0.361 e. The van der Waals surface area contributed by atoms with Crippen LogP contribution in [0.2, 0.25) is 5.02 Å². The second kappa shape index (κ2) is 14.9. The fourth-order valence-electron chi connectivity index (χ4n) is 7.75. The van der Waals surface area contributed by atoms with E-state index in [9.17, 15) is 19.2 Å². The van der Waals surface area contributed by atoms with E-state index in [1.54, 1.807) is 29.1 Å². The monoisotopic (exact) mass is 704 g/mol. The van der Waals surface area contributed by atoms with Crippen LogP contribution in [0.3, 0.4) is 0 Å². The molecule has 4 amide bonds. The molecular formula is C40H41ClN6O4. The van der Waals surface area contributed by atoms with Crippen LogP contribution in [0.15, 0.2) is 91.3 Å². The summed E-state index contributed by atoms with van der Waals surface area (Å²) in [6, 6.07) is 24.4. The van der Waals surface area contributed by atoms with Crippen molar-refractivity contribution in [2.24, 2.45) is 17.8 Å². The van der Waals surface area contributed by atoms with Gasteiger partial charge in [0.15, 0.2) is 0 Å². The number of pyridine rings is 1. The van der Waals surface area contributed by atoms with Gasteiger partial charge in [-0.05, 0) is 66.5 Å². The Morgan fingerprint density at radius 1 is 0.941 bits per heavy atom. The van der Waals surface area contributed by atoms with Crippen LogP contribution in [0, 0.1) is 17.8 Å². The number of nitrogens with one attached hydrogen (secondary N) is 3. The number of amides is 4. The van der Waals surface area contributed by atoms with Gasteiger partial charge >= 0.3 is 0 Å². The van der Waals surface area contributed by atoms with E-state index >= 15 is 0 Å². The standard InChI is InChI=1S/C40H41ClN6O4/c1-42-39(50)35(13-7-10-25-8-3-2-4-9-25)45-38(49)33-24-46(37(48)17-27-19-44-36-18-30(41)14-15-31(27)36)21-29-22-47(23-32(29)33)40(51)28-16-26-11-5-6-12-34(26)43-20-28/h2-6,8-9,11-12,14-16,18-20,29,32-33,35,44H,7,10,13,17,21-24H2,1H3,(H,42,50)(H,45,49)/t29?,32?,33?,35-/m0/s1. The van der Waals surface area contributed by atoms with E-state index in [0.717, 1.165) is 33.8 Å². The number of H-pyrrole nitrogens is 1. The number of hydrogen-bond acceptors (Lipinski definition) is 5. The predicted octanol–water partition coefficient (Wildman–Crippen LogP) is 5.01. The zero-order valence-electron chi connectivity index (χ0n) is 28.5. The van der Waals surface area contributed by atoms with Crippen LogP contribution in [0.1, 0.15) is 34.3 Å². The molecule has 5 aromatic rings. The summed E-state index contributed by atoms with van der Waals surface area (Å²) in [5.41, 5.74) is 4.16. The van der Waals surface area contributed by atoms with E-state index in [-0.39, 0.29) is 48.4 Å². The Morgan fingerprint density at radius 3 is 2.55 bits per heavy atom. The van der Waals surface area contributed by atoms with Gasteiger partial charge in [0.05, 0.1) is 23.4 Å². The minimum atomic E-state index is -0.725. The van der Waals surface area contributed by atoms with Crippen molar-refractivity contribution in [1.82, 2.24) is 30.4 Å². The van der Waals surface area contributed by atoms with Crippen LogP contribution in [-0.2, 0) is 27.2 Å². The van der Waals surface area contributed by atoms with Crippen molar-refractivity contribution in [2.45, 2.75) is 31.7 Å². The minimum Gasteiger partial charge on any atom is -0.361 e. The molecule has 2 aliphatic heterocycles. The smallest absolute Gasteiger partial charge is 0.255 e. The maximum atomic E-state index is 14.2. The number of aromatic amines is 1. The third-order valence-electron chi connectivity index (χ3n) is 10.4. The van der Waals surface area contributed by atoms with Gasteiger partial charge in [0, 0.05) is 66.9 Å². The molecule has 0 spiro atoms. The van der Waals surface area contributed by atoms with Gasteiger partial charge in [-0.1, -0.05) is 66.2 Å². The van der Waals surface area contributed by atoms with Crippen molar-refractivity contribution >= 4 is 57.0 Å². The maximum Gasteiger partial charge on any atom is 0.255 e. The zero-order valence-corrected chi connectivity index (χ0v) is 29.2. The maximum absolute atomic E-state index is 14.2. The fourth-order valence-corrected chi connectivity index (χ4v) is 7.92. The second-order valence-electron chi connectivity index (χ2n) is 13.7. The molecule has 4 atom stereocenters. The number of likely N-dealkylation sites (tertiary alicyclic amines) is 2. The summed E-state index contributed by atoms with van der Waals surface area (Å²) in [6.07, 6.45) is 5.53. The van der Waals surface area contributed by atoms with Crippen molar-refractivity contribution < 1.29 is 19.2 Å². The third-order valence-corrected chi connectivity index (χ3v) is 10.7. The normalized spacial score (nSPS) is 19.1. The van der Waals surface area contributed by atoms with E-state index in [1.807, 2.05) is 79.0 Å². The average molecular weight is 705 g/mol. The van der Waals surface area contributed by atoms with Crippen LogP contribution in [0.5, 0.6) is 0 Å². The Bertz CT molecular complexity index is 2080. The molecule has 2 saturated heterocycles. The number of halogens is 1. The first kappa shape index (κ1) is 34.2. The number of piperidine rings is 1. The highest BCUT2D eigenvalue weighted by Crippen LogP contribution is 2.37. The SMILES string of the molecule is CNC(=O)[C@H](CCCc1ccccc1)NC(=O)C1CN(C(=O)Cc2c[nH]c3cc(Cl)ccc23)CC2CN(C(=O)c3cnc4ccccc4c3)CC21. The molecule has 3 aromatic carbocycles. The predicted molar refractivity (Wildman–Crippen MR) is 197 cm³/mol. The van der Waals surface area contributed by atoms with Gasteiger partial charge in [-0.15, -0.1) is 0 Å². The molecule has 0 aliphatic carbocycles. The van der Waals surface area contributed by atoms with E-state index < -0.39 is 12.0 Å². The number of para-hydroxylation sites is 1. The molecule has 7 rings (SSSR count). The van der Waals surface area contributed by atoms with Gasteiger partial charge in [0.25, 0.3) is 5.91 Å². The summed E-state index contributed by atoms with van der Waals surface area (Å²) >= 11 is 6.18. The highest BCUT2D eigenvalue weighted by Gasteiger charge is 2.48. The first-order valence-corrected chi connectivity index (χ1v) is 17.9. The first-order chi connectivity index (χ1) is 24.8. The molecule has 3 N–H and O–H groups in total. The fraction of sp³-hybridized carbons (Fsp3) is 0.325. The molecule has 4 heterocycles. The van der Waals surface area contributed by atoms with Gasteiger partial charge in [-0.3, -0.25) is 24.2 Å². The zero-order chi connectivity index (χ0) is 35.5. The van der Waals surface area contributed by atoms with E-state index in [0.29, 0.717) is 43.1 Å². The summed E-state index contributed by atoms with van der Waals surface area (Å²) in [5.74, 6) is -1.70. The first-order valence-electron chi connectivity index (χ1n) is 17.5. The van der Waals surface area contributed by atoms with E-state index in [1.165, 1.54) is 5.56 Å². The molecule has 2 aromatic heterocycles. The van der Waals surface area contributed by atoms with Gasteiger partial charge in [0.1, 0.15) is 6.04 Å². The second-order valence-corrected chi connectivity index (χ2v) is 14.1. The van der Waals surface area contributed by atoms with Gasteiger partial charge in [-0.2, -0.15) is 0 Å². The summed E-state index contributed by atoms with van der Waals surface area (Å²) in [4.78, 5) is 66.3. The number of hydrogen-bond donors (Lipinski definition) is 3. The van der Waals surface area contributed by atoms with Crippen molar-refractivity contribution in [3.8, 4) is 0 Å². The molecule has 0 saturated carbocycles. The topological polar surface area (TPSA) is 128 Å². The third kappa shape index (κ3) is 7.46. The lowest BCUT2D eigenvalue weighted by atomic mass is 9.79. The number of aryl methyl sites for hydroxylation is 1. The Morgan fingerprint density at radius 2 is 1.73 bits per heavy atom. The molecule has 2 aliphatic rings. The lowest BCUT2D eigenvalue weighted by molar-refractivity contribution is -0.140. The van der Waals surface area contributed by atoms with Crippen LogP contribution >= 0.6 is 11.6 Å². The average Bonchev–Trinajstić information content (AvgIpc) is 3.77. The molecule has 11 heteroatoms. The number of carbonyl (C=O) groups is 4. The summed E-state index contributed by atoms with van der Waals surface area (Å²) in [5, 5.41) is 8.15. The van der Waals surface area contributed by atoms with Crippen LogP contribution in [0.25, 0.3) is 21.8 Å². The van der Waals surface area contributed by atoms with Gasteiger partial charge in [0.2, 0.25) is 17.7 Å². The van der Waals surface area contributed by atoms with E-state index in [4.69, 9.17) is 11.6 Å². The molecule has 262 valence electrons. The number of benzene rings is 3. The molecule has 3 unspecified atom stereocenters.